The largest absolute Gasteiger partial charge is 0.494 e. The number of hydrogen-bond donors (Lipinski definition) is 2. The molecule has 1 aromatic rings. The molecular weight excluding hydrogens is 216 g/mol. The molecule has 4 heteroatoms. The van der Waals surface area contributed by atoms with Gasteiger partial charge in [0.25, 0.3) is 0 Å². The van der Waals surface area contributed by atoms with Crippen LogP contribution in [0.4, 0.5) is 0 Å². The number of hydrogen-bond acceptors (Lipinski definition) is 4. The van der Waals surface area contributed by atoms with E-state index in [1.54, 1.807) is 0 Å². The van der Waals surface area contributed by atoms with Crippen LogP contribution in [0.1, 0.15) is 32.4 Å². The quantitative estimate of drug-likeness (QED) is 0.563. The van der Waals surface area contributed by atoms with E-state index in [4.69, 9.17) is 15.3 Å². The average molecular weight is 238 g/mol. The maximum Gasteiger partial charge on any atom is 0.119 e. The zero-order valence-corrected chi connectivity index (χ0v) is 10.8. The molecule has 0 aliphatic carbocycles. The lowest BCUT2D eigenvalue weighted by atomic mass is 10.0. The number of nitrogens with two attached hydrogens (primary N) is 1. The van der Waals surface area contributed by atoms with E-state index in [1.165, 1.54) is 0 Å². The van der Waals surface area contributed by atoms with Gasteiger partial charge in [-0.05, 0) is 38.5 Å². The van der Waals surface area contributed by atoms with Crippen LogP contribution in [0.15, 0.2) is 24.3 Å². The molecule has 0 heterocycles. The molecule has 2 atom stereocenters. The van der Waals surface area contributed by atoms with Crippen LogP contribution in [-0.2, 0) is 4.74 Å². The van der Waals surface area contributed by atoms with Crippen LogP contribution < -0.4 is 16.0 Å². The van der Waals surface area contributed by atoms with Gasteiger partial charge in [-0.1, -0.05) is 12.1 Å². The van der Waals surface area contributed by atoms with E-state index in [1.807, 2.05) is 45.0 Å². The van der Waals surface area contributed by atoms with E-state index in [0.29, 0.717) is 13.2 Å². The second-order valence-electron chi connectivity index (χ2n) is 3.81. The zero-order valence-electron chi connectivity index (χ0n) is 10.8. The van der Waals surface area contributed by atoms with Crippen molar-refractivity contribution in [3.8, 4) is 5.75 Å². The maximum absolute atomic E-state index is 5.57. The van der Waals surface area contributed by atoms with Gasteiger partial charge >= 0.3 is 0 Å². The monoisotopic (exact) mass is 238 g/mol. The van der Waals surface area contributed by atoms with Crippen molar-refractivity contribution in [2.24, 2.45) is 5.84 Å². The highest BCUT2D eigenvalue weighted by Gasteiger charge is 2.17. The lowest BCUT2D eigenvalue weighted by Crippen LogP contribution is -2.36. The van der Waals surface area contributed by atoms with Crippen LogP contribution in [0.25, 0.3) is 0 Å². The molecule has 0 aliphatic heterocycles. The second-order valence-corrected chi connectivity index (χ2v) is 3.81. The molecule has 0 saturated heterocycles. The minimum atomic E-state index is -0.00868. The van der Waals surface area contributed by atoms with Crippen molar-refractivity contribution in [3.63, 3.8) is 0 Å². The Morgan fingerprint density at radius 3 is 2.29 bits per heavy atom. The van der Waals surface area contributed by atoms with Gasteiger partial charge in [-0.2, -0.15) is 0 Å². The Kier molecular flexibility index (Phi) is 5.97. The summed E-state index contributed by atoms with van der Waals surface area (Å²) in [5.74, 6) is 6.44. The standard InChI is InChI=1S/C13H22N2O2/c1-4-16-10(3)13(15-14)11-6-8-12(9-7-11)17-5-2/h6-10,13,15H,4-5,14H2,1-3H3. The first-order valence-corrected chi connectivity index (χ1v) is 6.03. The van der Waals surface area contributed by atoms with Crippen molar-refractivity contribution in [3.05, 3.63) is 29.8 Å². The van der Waals surface area contributed by atoms with Crippen molar-refractivity contribution < 1.29 is 9.47 Å². The summed E-state index contributed by atoms with van der Waals surface area (Å²) in [6.45, 7) is 7.30. The fraction of sp³-hybridized carbons (Fsp3) is 0.538. The van der Waals surface area contributed by atoms with Gasteiger partial charge in [0.15, 0.2) is 0 Å². The summed E-state index contributed by atoms with van der Waals surface area (Å²) in [4.78, 5) is 0. The van der Waals surface area contributed by atoms with Crippen molar-refractivity contribution in [2.75, 3.05) is 13.2 Å². The summed E-state index contributed by atoms with van der Waals surface area (Å²) in [5, 5.41) is 0. The summed E-state index contributed by atoms with van der Waals surface area (Å²) in [7, 11) is 0. The van der Waals surface area contributed by atoms with Crippen LogP contribution in [0.5, 0.6) is 5.75 Å². The third-order valence-electron chi connectivity index (χ3n) is 2.63. The van der Waals surface area contributed by atoms with Crippen molar-refractivity contribution in [2.45, 2.75) is 32.9 Å². The normalized spacial score (nSPS) is 14.4. The van der Waals surface area contributed by atoms with Gasteiger partial charge in [0.05, 0.1) is 18.8 Å². The minimum absolute atomic E-state index is 0.00868. The molecule has 96 valence electrons. The molecule has 0 amide bonds. The second kappa shape index (κ2) is 7.27. The molecule has 2 unspecified atom stereocenters. The van der Waals surface area contributed by atoms with Gasteiger partial charge in [0.1, 0.15) is 5.75 Å². The highest BCUT2D eigenvalue weighted by atomic mass is 16.5. The van der Waals surface area contributed by atoms with Crippen LogP contribution in [0.3, 0.4) is 0 Å². The van der Waals surface area contributed by atoms with Gasteiger partial charge in [0.2, 0.25) is 0 Å². The van der Waals surface area contributed by atoms with Gasteiger partial charge in [0, 0.05) is 6.61 Å². The molecule has 1 aromatic carbocycles. The molecular formula is C13H22N2O2. The van der Waals surface area contributed by atoms with Crippen LogP contribution in [-0.4, -0.2) is 19.3 Å². The first kappa shape index (κ1) is 14.0. The fourth-order valence-corrected chi connectivity index (χ4v) is 1.80. The molecule has 4 nitrogen and oxygen atoms in total. The molecule has 0 spiro atoms. The van der Waals surface area contributed by atoms with Gasteiger partial charge in [-0.15, -0.1) is 0 Å². The van der Waals surface area contributed by atoms with E-state index in [-0.39, 0.29) is 12.1 Å². The number of benzene rings is 1. The molecule has 0 bridgehead atoms. The van der Waals surface area contributed by atoms with Crippen molar-refractivity contribution in [1.82, 2.24) is 5.43 Å². The Bertz CT molecular complexity index is 314. The molecule has 0 saturated carbocycles. The molecule has 17 heavy (non-hydrogen) atoms. The van der Waals surface area contributed by atoms with Gasteiger partial charge in [-0.25, -0.2) is 0 Å². The summed E-state index contributed by atoms with van der Waals surface area (Å²) < 4.78 is 11.0. The predicted octanol–water partition coefficient (Wildman–Crippen LogP) is 2.01. The summed E-state index contributed by atoms with van der Waals surface area (Å²) in [6, 6.07) is 7.89. The highest BCUT2D eigenvalue weighted by Crippen LogP contribution is 2.21. The van der Waals surface area contributed by atoms with Crippen LogP contribution in [0, 0.1) is 0 Å². The molecule has 1 rings (SSSR count). The fourth-order valence-electron chi connectivity index (χ4n) is 1.80. The Morgan fingerprint density at radius 1 is 1.18 bits per heavy atom. The Hall–Kier alpha value is -1.10. The first-order valence-electron chi connectivity index (χ1n) is 6.03. The maximum atomic E-state index is 5.57. The van der Waals surface area contributed by atoms with E-state index in [0.717, 1.165) is 11.3 Å². The summed E-state index contributed by atoms with van der Waals surface area (Å²) in [6.07, 6.45) is 0.0305. The lowest BCUT2D eigenvalue weighted by Gasteiger charge is -2.23. The lowest BCUT2D eigenvalue weighted by molar-refractivity contribution is 0.0472. The smallest absolute Gasteiger partial charge is 0.119 e. The summed E-state index contributed by atoms with van der Waals surface area (Å²) >= 11 is 0. The number of ether oxygens (including phenoxy) is 2. The van der Waals surface area contributed by atoms with Gasteiger partial charge < -0.3 is 9.47 Å². The summed E-state index contributed by atoms with van der Waals surface area (Å²) in [5.41, 5.74) is 3.88. The van der Waals surface area contributed by atoms with E-state index >= 15 is 0 Å². The number of hydrazine groups is 1. The molecule has 0 aliphatic rings. The third-order valence-corrected chi connectivity index (χ3v) is 2.63. The Balaban J connectivity index is 2.74. The highest BCUT2D eigenvalue weighted by molar-refractivity contribution is 5.29. The van der Waals surface area contributed by atoms with Crippen LogP contribution >= 0.6 is 0 Å². The van der Waals surface area contributed by atoms with E-state index in [2.05, 4.69) is 5.43 Å². The molecule has 0 radical (unpaired) electrons. The SMILES string of the molecule is CCOc1ccc(C(NN)C(C)OCC)cc1. The first-order chi connectivity index (χ1) is 8.22. The molecule has 0 aromatic heterocycles. The predicted molar refractivity (Wildman–Crippen MR) is 68.8 cm³/mol. The third kappa shape index (κ3) is 4.00. The number of rotatable bonds is 7. The topological polar surface area (TPSA) is 56.5 Å². The van der Waals surface area contributed by atoms with Crippen LogP contribution in [0.2, 0.25) is 0 Å². The van der Waals surface area contributed by atoms with E-state index < -0.39 is 0 Å². The van der Waals surface area contributed by atoms with E-state index in [9.17, 15) is 0 Å². The molecule has 0 fully saturated rings. The van der Waals surface area contributed by atoms with Crippen molar-refractivity contribution >= 4 is 0 Å². The Morgan fingerprint density at radius 2 is 1.82 bits per heavy atom. The average Bonchev–Trinajstić information content (AvgIpc) is 2.33. The number of nitrogens with one attached hydrogen (secondary N) is 1. The minimum Gasteiger partial charge on any atom is -0.494 e. The van der Waals surface area contributed by atoms with Gasteiger partial charge in [-0.3, -0.25) is 11.3 Å². The zero-order chi connectivity index (χ0) is 12.7. The Labute approximate surface area is 103 Å². The van der Waals surface area contributed by atoms with Crippen molar-refractivity contribution in [1.29, 1.82) is 0 Å². The molecule has 3 N–H and O–H groups in total.